The molecule has 0 amide bonds. The zero-order valence-electron chi connectivity index (χ0n) is 14.6. The Morgan fingerprint density at radius 3 is 2.61 bits per heavy atom. The zero-order chi connectivity index (χ0) is 16.7. The van der Waals surface area contributed by atoms with E-state index < -0.39 is 0 Å². The number of anilines is 1. The molecule has 0 saturated heterocycles. The molecule has 23 heavy (non-hydrogen) atoms. The Morgan fingerprint density at radius 2 is 1.91 bits per heavy atom. The lowest BCUT2D eigenvalue weighted by molar-refractivity contribution is 0.769. The van der Waals surface area contributed by atoms with Crippen molar-refractivity contribution in [2.24, 2.45) is 5.10 Å². The molecule has 1 aromatic heterocycles. The van der Waals surface area contributed by atoms with Gasteiger partial charge in [-0.05, 0) is 44.7 Å². The van der Waals surface area contributed by atoms with Crippen LogP contribution in [-0.2, 0) is 12.8 Å². The zero-order valence-corrected chi connectivity index (χ0v) is 14.6. The van der Waals surface area contributed by atoms with Gasteiger partial charge in [-0.25, -0.2) is 15.4 Å². The highest BCUT2D eigenvalue weighted by Gasteiger charge is 2.04. The standard InChI is InChI=1S/C19H26N4/c1-5-7-11-18-13-17(6-2)20-19(21-18)23-22-15(4)16-10-8-9-14(3)12-16/h8-10,12-13H,5-7,11H2,1-4H3,(H,20,21,23). The molecule has 1 heterocycles. The molecule has 0 atom stereocenters. The average Bonchev–Trinajstić information content (AvgIpc) is 2.57. The fraction of sp³-hybridized carbons (Fsp3) is 0.421. The second kappa shape index (κ2) is 8.42. The maximum atomic E-state index is 4.57. The fourth-order valence-electron chi connectivity index (χ4n) is 2.34. The third kappa shape index (κ3) is 5.16. The Kier molecular flexibility index (Phi) is 6.27. The van der Waals surface area contributed by atoms with Gasteiger partial charge in [0.1, 0.15) is 0 Å². The number of hydrogen-bond donors (Lipinski definition) is 1. The number of benzene rings is 1. The molecule has 0 bridgehead atoms. The number of aromatic nitrogens is 2. The minimum Gasteiger partial charge on any atom is -0.245 e. The van der Waals surface area contributed by atoms with Crippen molar-refractivity contribution in [3.8, 4) is 0 Å². The summed E-state index contributed by atoms with van der Waals surface area (Å²) >= 11 is 0. The van der Waals surface area contributed by atoms with Gasteiger partial charge in [0.15, 0.2) is 0 Å². The van der Waals surface area contributed by atoms with E-state index in [2.05, 4.69) is 65.5 Å². The topological polar surface area (TPSA) is 50.2 Å². The van der Waals surface area contributed by atoms with E-state index >= 15 is 0 Å². The number of nitrogens with one attached hydrogen (secondary N) is 1. The molecule has 122 valence electrons. The van der Waals surface area contributed by atoms with Crippen LogP contribution >= 0.6 is 0 Å². The first-order chi connectivity index (χ1) is 11.1. The first-order valence-electron chi connectivity index (χ1n) is 8.36. The molecule has 2 aromatic rings. The normalized spacial score (nSPS) is 11.6. The number of nitrogens with zero attached hydrogens (tertiary/aromatic N) is 3. The second-order valence-electron chi connectivity index (χ2n) is 5.81. The van der Waals surface area contributed by atoms with Crippen LogP contribution in [0.4, 0.5) is 5.95 Å². The highest BCUT2D eigenvalue weighted by Crippen LogP contribution is 2.10. The molecule has 1 aromatic carbocycles. The molecule has 4 nitrogen and oxygen atoms in total. The van der Waals surface area contributed by atoms with Gasteiger partial charge in [0.25, 0.3) is 0 Å². The van der Waals surface area contributed by atoms with Crippen molar-refractivity contribution in [2.75, 3.05) is 5.43 Å². The number of unbranched alkanes of at least 4 members (excludes halogenated alkanes) is 1. The average molecular weight is 310 g/mol. The Bertz CT molecular complexity index is 677. The lowest BCUT2D eigenvalue weighted by Crippen LogP contribution is -2.06. The van der Waals surface area contributed by atoms with Gasteiger partial charge < -0.3 is 0 Å². The highest BCUT2D eigenvalue weighted by molar-refractivity contribution is 5.99. The van der Waals surface area contributed by atoms with Crippen LogP contribution in [0.5, 0.6) is 0 Å². The Balaban J connectivity index is 2.16. The van der Waals surface area contributed by atoms with E-state index in [0.29, 0.717) is 5.95 Å². The largest absolute Gasteiger partial charge is 0.245 e. The molecule has 2 rings (SSSR count). The molecule has 0 aliphatic carbocycles. The summed E-state index contributed by atoms with van der Waals surface area (Å²) in [6.45, 7) is 8.37. The van der Waals surface area contributed by atoms with Crippen molar-refractivity contribution in [3.63, 3.8) is 0 Å². The minimum atomic E-state index is 0.586. The molecule has 4 heteroatoms. The summed E-state index contributed by atoms with van der Waals surface area (Å²) in [5.41, 5.74) is 8.42. The van der Waals surface area contributed by atoms with E-state index in [1.54, 1.807) is 0 Å². The van der Waals surface area contributed by atoms with Gasteiger partial charge in [0, 0.05) is 11.4 Å². The van der Waals surface area contributed by atoms with E-state index in [-0.39, 0.29) is 0 Å². The minimum absolute atomic E-state index is 0.586. The van der Waals surface area contributed by atoms with Crippen molar-refractivity contribution in [2.45, 2.75) is 53.4 Å². The summed E-state index contributed by atoms with van der Waals surface area (Å²) in [6, 6.07) is 10.4. The molecule has 0 unspecified atom stereocenters. The van der Waals surface area contributed by atoms with Crippen LogP contribution in [0.1, 0.15) is 56.1 Å². The van der Waals surface area contributed by atoms with Crippen LogP contribution < -0.4 is 5.43 Å². The van der Waals surface area contributed by atoms with E-state index in [4.69, 9.17) is 0 Å². The number of hydrogen-bond acceptors (Lipinski definition) is 4. The number of hydrazone groups is 1. The maximum absolute atomic E-state index is 4.57. The SMILES string of the molecule is CCCCc1cc(CC)nc(NN=C(C)c2cccc(C)c2)n1. The Labute approximate surface area is 139 Å². The van der Waals surface area contributed by atoms with Gasteiger partial charge in [-0.1, -0.05) is 50.1 Å². The smallest absolute Gasteiger partial charge is 0.243 e. The van der Waals surface area contributed by atoms with Crippen molar-refractivity contribution in [1.29, 1.82) is 0 Å². The van der Waals surface area contributed by atoms with Gasteiger partial charge in [0.2, 0.25) is 5.95 Å². The Hall–Kier alpha value is -2.23. The number of rotatable bonds is 7. The van der Waals surface area contributed by atoms with E-state index in [0.717, 1.165) is 41.9 Å². The molecule has 0 spiro atoms. The van der Waals surface area contributed by atoms with E-state index in [1.807, 2.05) is 13.0 Å². The van der Waals surface area contributed by atoms with Crippen LogP contribution in [0.15, 0.2) is 35.4 Å². The van der Waals surface area contributed by atoms with Gasteiger partial charge in [-0.3, -0.25) is 0 Å². The molecule has 0 aliphatic heterocycles. The first-order valence-corrected chi connectivity index (χ1v) is 8.36. The third-order valence-electron chi connectivity index (χ3n) is 3.74. The van der Waals surface area contributed by atoms with E-state index in [9.17, 15) is 0 Å². The summed E-state index contributed by atoms with van der Waals surface area (Å²) in [5, 5.41) is 4.44. The van der Waals surface area contributed by atoms with E-state index in [1.165, 1.54) is 12.0 Å². The number of aryl methyl sites for hydroxylation is 3. The van der Waals surface area contributed by atoms with Gasteiger partial charge in [0.05, 0.1) is 5.71 Å². The highest BCUT2D eigenvalue weighted by atomic mass is 15.4. The predicted molar refractivity (Wildman–Crippen MR) is 97.0 cm³/mol. The molecular formula is C19H26N4. The quantitative estimate of drug-likeness (QED) is 0.604. The van der Waals surface area contributed by atoms with Crippen molar-refractivity contribution in [1.82, 2.24) is 9.97 Å². The summed E-state index contributed by atoms with van der Waals surface area (Å²) in [6.07, 6.45) is 4.20. The summed E-state index contributed by atoms with van der Waals surface area (Å²) in [7, 11) is 0. The second-order valence-corrected chi connectivity index (χ2v) is 5.81. The van der Waals surface area contributed by atoms with Crippen LogP contribution in [0, 0.1) is 6.92 Å². The molecular weight excluding hydrogens is 284 g/mol. The Morgan fingerprint density at radius 1 is 1.13 bits per heavy atom. The molecule has 0 saturated carbocycles. The fourth-order valence-corrected chi connectivity index (χ4v) is 2.34. The molecule has 0 fully saturated rings. The monoisotopic (exact) mass is 310 g/mol. The molecule has 0 radical (unpaired) electrons. The van der Waals surface area contributed by atoms with Crippen molar-refractivity contribution in [3.05, 3.63) is 52.8 Å². The lowest BCUT2D eigenvalue weighted by Gasteiger charge is -2.07. The van der Waals surface area contributed by atoms with Gasteiger partial charge in [-0.15, -0.1) is 0 Å². The molecule has 0 aliphatic rings. The van der Waals surface area contributed by atoms with Crippen LogP contribution in [0.2, 0.25) is 0 Å². The molecule has 1 N–H and O–H groups in total. The first kappa shape index (κ1) is 17.1. The lowest BCUT2D eigenvalue weighted by atomic mass is 10.1. The summed E-state index contributed by atoms with van der Waals surface area (Å²) in [5.74, 6) is 0.586. The van der Waals surface area contributed by atoms with Crippen molar-refractivity contribution < 1.29 is 0 Å². The predicted octanol–water partition coefficient (Wildman–Crippen LogP) is 4.53. The van der Waals surface area contributed by atoms with Crippen LogP contribution in [0.3, 0.4) is 0 Å². The van der Waals surface area contributed by atoms with Gasteiger partial charge in [-0.2, -0.15) is 5.10 Å². The maximum Gasteiger partial charge on any atom is 0.243 e. The third-order valence-corrected chi connectivity index (χ3v) is 3.74. The van der Waals surface area contributed by atoms with Crippen molar-refractivity contribution >= 4 is 11.7 Å². The summed E-state index contributed by atoms with van der Waals surface area (Å²) < 4.78 is 0. The summed E-state index contributed by atoms with van der Waals surface area (Å²) in [4.78, 5) is 9.09. The van der Waals surface area contributed by atoms with Crippen LogP contribution in [0.25, 0.3) is 0 Å². The van der Waals surface area contributed by atoms with Gasteiger partial charge >= 0.3 is 0 Å². The van der Waals surface area contributed by atoms with Crippen LogP contribution in [-0.4, -0.2) is 15.7 Å².